The van der Waals surface area contributed by atoms with Crippen LogP contribution in [0.25, 0.3) is 12.2 Å². The maximum atomic E-state index is 5.43. The molecule has 1 aromatic heterocycles. The van der Waals surface area contributed by atoms with Gasteiger partial charge >= 0.3 is 0 Å². The van der Waals surface area contributed by atoms with Gasteiger partial charge in [-0.1, -0.05) is 48.5 Å². The predicted molar refractivity (Wildman–Crippen MR) is 127 cm³/mol. The molecule has 4 rings (SSSR count). The second-order valence-electron chi connectivity index (χ2n) is 7.93. The number of aromatic nitrogens is 3. The van der Waals surface area contributed by atoms with Gasteiger partial charge in [0.25, 0.3) is 0 Å². The highest BCUT2D eigenvalue weighted by atomic mass is 32.1. The first-order valence-electron chi connectivity index (χ1n) is 10.6. The topological polar surface area (TPSA) is 40.1 Å². The monoisotopic (exact) mass is 419 g/mol. The van der Waals surface area contributed by atoms with Crippen molar-refractivity contribution in [2.75, 3.05) is 25.0 Å². The highest BCUT2D eigenvalue weighted by Crippen LogP contribution is 2.20. The third-order valence-corrected chi connectivity index (χ3v) is 5.73. The van der Waals surface area contributed by atoms with Gasteiger partial charge in [0.05, 0.1) is 6.67 Å². The van der Waals surface area contributed by atoms with E-state index < -0.39 is 0 Å². The lowest BCUT2D eigenvalue weighted by molar-refractivity contribution is 0.244. The highest BCUT2D eigenvalue weighted by Gasteiger charge is 2.11. The molecule has 156 valence electrons. The van der Waals surface area contributed by atoms with Gasteiger partial charge in [-0.25, -0.2) is 4.68 Å². The fourth-order valence-corrected chi connectivity index (χ4v) is 4.05. The van der Waals surface area contributed by atoms with Crippen LogP contribution in [0.5, 0.6) is 0 Å². The van der Waals surface area contributed by atoms with E-state index in [0.717, 1.165) is 17.9 Å². The van der Waals surface area contributed by atoms with Gasteiger partial charge in [-0.2, -0.15) is 4.98 Å². The standard InChI is InChI=1S/C24H29N5S/c1-27(18-21-10-13-22(14-11-21)28-16-6-3-7-17-28)19-29-24(30)25-23(26-29)15-12-20-8-4-2-5-9-20/h2,4-5,8-15H,3,6-7,16-19H2,1H3,(H,25,26,30)/b15-12+. The highest BCUT2D eigenvalue weighted by molar-refractivity contribution is 7.71. The molecule has 1 aliphatic heterocycles. The number of rotatable bonds is 7. The van der Waals surface area contributed by atoms with Crippen LogP contribution in [-0.2, 0) is 13.2 Å². The molecule has 30 heavy (non-hydrogen) atoms. The molecule has 1 fully saturated rings. The molecule has 0 spiro atoms. The summed E-state index contributed by atoms with van der Waals surface area (Å²) in [4.78, 5) is 9.17. The summed E-state index contributed by atoms with van der Waals surface area (Å²) < 4.78 is 2.47. The van der Waals surface area contributed by atoms with Crippen molar-refractivity contribution in [1.82, 2.24) is 19.7 Å². The van der Waals surface area contributed by atoms with E-state index in [9.17, 15) is 0 Å². The SMILES string of the molecule is CN(Cc1ccc(N2CCCCC2)cc1)Cn1[nH]c(/C=C/c2ccccc2)nc1=S. The first kappa shape index (κ1) is 20.6. The zero-order chi connectivity index (χ0) is 20.8. The number of anilines is 1. The molecule has 5 nitrogen and oxygen atoms in total. The number of benzene rings is 2. The lowest BCUT2D eigenvalue weighted by Crippen LogP contribution is -2.29. The summed E-state index contributed by atoms with van der Waals surface area (Å²) in [6.07, 6.45) is 7.96. The van der Waals surface area contributed by atoms with E-state index in [4.69, 9.17) is 12.2 Å². The number of nitrogens with one attached hydrogen (secondary N) is 1. The van der Waals surface area contributed by atoms with Gasteiger partial charge in [0, 0.05) is 25.3 Å². The largest absolute Gasteiger partial charge is 0.372 e. The Morgan fingerprint density at radius 1 is 1.00 bits per heavy atom. The Hall–Kier alpha value is -2.70. The summed E-state index contributed by atoms with van der Waals surface area (Å²) in [5.41, 5.74) is 3.77. The zero-order valence-electron chi connectivity index (χ0n) is 17.5. The number of piperidine rings is 1. The van der Waals surface area contributed by atoms with Gasteiger partial charge in [-0.3, -0.25) is 10.00 Å². The molecule has 0 atom stereocenters. The molecule has 1 N–H and O–H groups in total. The molecule has 1 aliphatic rings. The maximum Gasteiger partial charge on any atom is 0.217 e. The normalized spacial score (nSPS) is 14.7. The van der Waals surface area contributed by atoms with Crippen molar-refractivity contribution in [2.24, 2.45) is 0 Å². The van der Waals surface area contributed by atoms with Crippen LogP contribution in [0, 0.1) is 4.77 Å². The van der Waals surface area contributed by atoms with Crippen molar-refractivity contribution in [3.8, 4) is 0 Å². The average molecular weight is 420 g/mol. The Morgan fingerprint density at radius 2 is 1.73 bits per heavy atom. The Balaban J connectivity index is 1.34. The van der Waals surface area contributed by atoms with Crippen molar-refractivity contribution in [3.63, 3.8) is 0 Å². The van der Waals surface area contributed by atoms with Crippen LogP contribution in [0.15, 0.2) is 54.6 Å². The number of aromatic amines is 1. The van der Waals surface area contributed by atoms with Gasteiger partial charge < -0.3 is 4.90 Å². The molecule has 0 aliphatic carbocycles. The number of hydrogen-bond acceptors (Lipinski definition) is 4. The van der Waals surface area contributed by atoms with Crippen molar-refractivity contribution in [2.45, 2.75) is 32.5 Å². The summed E-state index contributed by atoms with van der Waals surface area (Å²) in [5.74, 6) is 0.767. The molecule has 0 saturated carbocycles. The second-order valence-corrected chi connectivity index (χ2v) is 8.30. The molecule has 0 amide bonds. The van der Waals surface area contributed by atoms with E-state index >= 15 is 0 Å². The van der Waals surface area contributed by atoms with E-state index in [1.807, 2.05) is 35.0 Å². The molecule has 2 heterocycles. The third kappa shape index (κ3) is 5.46. The average Bonchev–Trinajstić information content (AvgIpc) is 3.13. The van der Waals surface area contributed by atoms with Gasteiger partial charge in [0.1, 0.15) is 5.82 Å². The smallest absolute Gasteiger partial charge is 0.217 e. The van der Waals surface area contributed by atoms with Crippen molar-refractivity contribution in [1.29, 1.82) is 0 Å². The first-order chi connectivity index (χ1) is 14.7. The van der Waals surface area contributed by atoms with Gasteiger partial charge in [-0.15, -0.1) is 0 Å². The van der Waals surface area contributed by atoms with Crippen LogP contribution in [0.4, 0.5) is 5.69 Å². The zero-order valence-corrected chi connectivity index (χ0v) is 18.3. The van der Waals surface area contributed by atoms with Crippen LogP contribution in [0.1, 0.15) is 36.2 Å². The predicted octanol–water partition coefficient (Wildman–Crippen LogP) is 5.19. The Labute approximate surface area is 183 Å². The van der Waals surface area contributed by atoms with E-state index in [1.54, 1.807) is 0 Å². The summed E-state index contributed by atoms with van der Waals surface area (Å²) >= 11 is 5.43. The van der Waals surface area contributed by atoms with Crippen molar-refractivity contribution in [3.05, 3.63) is 76.3 Å². The van der Waals surface area contributed by atoms with Crippen molar-refractivity contribution >= 4 is 30.1 Å². The van der Waals surface area contributed by atoms with E-state index in [-0.39, 0.29) is 0 Å². The molecular weight excluding hydrogens is 390 g/mol. The lowest BCUT2D eigenvalue weighted by Gasteiger charge is -2.29. The Kier molecular flexibility index (Phi) is 6.77. The van der Waals surface area contributed by atoms with Crippen LogP contribution >= 0.6 is 12.2 Å². The third-order valence-electron chi connectivity index (χ3n) is 5.42. The fraction of sp³-hybridized carbons (Fsp3) is 0.333. The van der Waals surface area contributed by atoms with Gasteiger partial charge in [-0.05, 0) is 67.9 Å². The van der Waals surface area contributed by atoms with Crippen LogP contribution < -0.4 is 4.90 Å². The maximum absolute atomic E-state index is 5.43. The number of H-pyrrole nitrogens is 1. The molecule has 0 bridgehead atoms. The quantitative estimate of drug-likeness (QED) is 0.535. The van der Waals surface area contributed by atoms with Crippen LogP contribution in [0.3, 0.4) is 0 Å². The first-order valence-corrected chi connectivity index (χ1v) is 11.0. The minimum atomic E-state index is 0.565. The molecule has 3 aromatic rings. The van der Waals surface area contributed by atoms with Gasteiger partial charge in [0.15, 0.2) is 0 Å². The minimum absolute atomic E-state index is 0.565. The van der Waals surface area contributed by atoms with Crippen LogP contribution in [0.2, 0.25) is 0 Å². The Morgan fingerprint density at radius 3 is 2.47 bits per heavy atom. The molecule has 0 unspecified atom stereocenters. The lowest BCUT2D eigenvalue weighted by atomic mass is 10.1. The second kappa shape index (κ2) is 9.87. The van der Waals surface area contributed by atoms with E-state index in [0.29, 0.717) is 11.4 Å². The molecule has 1 saturated heterocycles. The van der Waals surface area contributed by atoms with Gasteiger partial charge in [0.2, 0.25) is 4.77 Å². The molecule has 2 aromatic carbocycles. The summed E-state index contributed by atoms with van der Waals surface area (Å²) in [5, 5.41) is 3.29. The summed E-state index contributed by atoms with van der Waals surface area (Å²) in [6.45, 7) is 3.88. The Bertz CT molecular complexity index is 1010. The molecule has 0 radical (unpaired) electrons. The fourth-order valence-electron chi connectivity index (χ4n) is 3.85. The van der Waals surface area contributed by atoms with Crippen molar-refractivity contribution < 1.29 is 0 Å². The molecular formula is C24H29N5S. The number of nitrogens with zero attached hydrogens (tertiary/aromatic N) is 4. The summed E-state index contributed by atoms with van der Waals surface area (Å²) in [6, 6.07) is 19.2. The van der Waals surface area contributed by atoms with E-state index in [2.05, 4.69) is 63.3 Å². The number of hydrogen-bond donors (Lipinski definition) is 1. The van der Waals surface area contributed by atoms with E-state index in [1.165, 1.54) is 43.6 Å². The molecule has 6 heteroatoms. The van der Waals surface area contributed by atoms with Crippen LogP contribution in [-0.4, -0.2) is 39.8 Å². The minimum Gasteiger partial charge on any atom is -0.372 e. The summed E-state index contributed by atoms with van der Waals surface area (Å²) in [7, 11) is 2.10.